The number of aryl methyl sites for hydroxylation is 2. The maximum absolute atomic E-state index is 11.5. The summed E-state index contributed by atoms with van der Waals surface area (Å²) in [5.74, 6) is 6.94. The molecule has 1 aliphatic heterocycles. The number of hydrogen-bond acceptors (Lipinski definition) is 0. The van der Waals surface area contributed by atoms with Crippen LogP contribution in [0.25, 0.3) is 16.9 Å². The zero-order valence-electron chi connectivity index (χ0n) is 32.7. The number of unbranched alkanes of at least 4 members (excludes halogenated alkanes) is 22. The third kappa shape index (κ3) is 16.4. The molecule has 0 radical (unpaired) electrons. The molecule has 0 aliphatic carbocycles. The van der Waals surface area contributed by atoms with Gasteiger partial charge in [0.15, 0.2) is 0 Å². The monoisotopic (exact) mass is 677 g/mol. The Kier molecular flexibility index (Phi) is 22.3. The fourth-order valence-corrected chi connectivity index (χ4v) is 7.18. The Morgan fingerprint density at radius 1 is 0.500 bits per heavy atom. The van der Waals surface area contributed by atoms with Gasteiger partial charge in [0.2, 0.25) is 11.4 Å². The maximum Gasteiger partial charge on any atom is 0.223 e. The van der Waals surface area contributed by atoms with Crippen molar-refractivity contribution in [1.29, 1.82) is 0 Å². The second-order valence-corrected chi connectivity index (χ2v) is 15.0. The van der Waals surface area contributed by atoms with Gasteiger partial charge in [-0.3, -0.25) is 0 Å². The van der Waals surface area contributed by atoms with Crippen molar-refractivity contribution in [3.63, 3.8) is 0 Å². The quantitative estimate of drug-likeness (QED) is 0.0487. The van der Waals surface area contributed by atoms with Crippen molar-refractivity contribution < 1.29 is 4.70 Å². The van der Waals surface area contributed by atoms with E-state index in [4.69, 9.17) is 0 Å². The molecule has 274 valence electrons. The highest BCUT2D eigenvalue weighted by Gasteiger charge is 2.28. The lowest BCUT2D eigenvalue weighted by Crippen LogP contribution is -2.02. The summed E-state index contributed by atoms with van der Waals surface area (Å²) in [4.78, 5) is 0. The van der Waals surface area contributed by atoms with E-state index in [0.29, 0.717) is 0 Å². The van der Waals surface area contributed by atoms with E-state index in [2.05, 4.69) is 87.2 Å². The summed E-state index contributed by atoms with van der Waals surface area (Å²) in [7, 11) is 0. The highest BCUT2D eigenvalue weighted by atomic mass is 15.2. The Balaban J connectivity index is 1.36. The average Bonchev–Trinajstić information content (AvgIpc) is 3.47. The third-order valence-electron chi connectivity index (χ3n) is 10.4. The Labute approximate surface area is 309 Å². The summed E-state index contributed by atoms with van der Waals surface area (Å²) in [5.41, 5.74) is 18.8. The zero-order valence-corrected chi connectivity index (χ0v) is 32.7. The lowest BCUT2D eigenvalue weighted by Gasteiger charge is -2.10. The number of nitrogens with zero attached hydrogens (tertiary/aromatic N) is 2. The highest BCUT2D eigenvalue weighted by molar-refractivity contribution is 5.81. The van der Waals surface area contributed by atoms with Crippen LogP contribution in [0.3, 0.4) is 0 Å². The summed E-state index contributed by atoms with van der Waals surface area (Å²) in [6.45, 7) is 6.77. The molecule has 0 fully saturated rings. The minimum Gasteiger partial charge on any atom is -0.493 e. The highest BCUT2D eigenvalue weighted by Crippen LogP contribution is 2.35. The first kappa shape index (κ1) is 41.5. The van der Waals surface area contributed by atoms with Crippen LogP contribution >= 0.6 is 0 Å². The van der Waals surface area contributed by atoms with Gasteiger partial charge >= 0.3 is 0 Å². The fourth-order valence-electron chi connectivity index (χ4n) is 7.18. The van der Waals surface area contributed by atoms with E-state index in [9.17, 15) is 5.53 Å². The Morgan fingerprint density at radius 2 is 0.980 bits per heavy atom. The molecule has 2 nitrogen and oxygen atoms in total. The number of rotatable bonds is 28. The van der Waals surface area contributed by atoms with E-state index < -0.39 is 0 Å². The molecule has 0 atom stereocenters. The molecule has 0 saturated carbocycles. The number of benzene rings is 2. The predicted molar refractivity (Wildman–Crippen MR) is 219 cm³/mol. The fraction of sp³-hybridized carbons (Fsp3) is 0.625. The van der Waals surface area contributed by atoms with Crippen LogP contribution in [0.15, 0.2) is 60.2 Å². The van der Waals surface area contributed by atoms with Crippen molar-refractivity contribution in [2.75, 3.05) is 0 Å². The van der Waals surface area contributed by atoms with Crippen molar-refractivity contribution in [1.82, 2.24) is 0 Å². The van der Waals surface area contributed by atoms with Gasteiger partial charge in [-0.05, 0) is 67.5 Å². The molecule has 1 aliphatic rings. The molecule has 0 N–H and O–H groups in total. The van der Waals surface area contributed by atoms with Crippen LogP contribution in [-0.4, -0.2) is 4.70 Å². The maximum atomic E-state index is 11.5. The standard InChI is InChI=1S/C48H72N2/c1-4-7-10-11-12-13-14-15-16-17-18-19-20-21-22-23-24-25-26-27-28-29-34-46-41-47(45-35-30-33-43(40-45)32-9-6-3)50(49)48(46)44-38-36-42(37-39-44)31-8-5-2/h30,33,35-41H,4-28,31-32H2,1-3H3. The van der Waals surface area contributed by atoms with Gasteiger partial charge in [-0.15, -0.1) is 0 Å². The van der Waals surface area contributed by atoms with Gasteiger partial charge in [-0.1, -0.05) is 192 Å². The molecule has 3 rings (SSSR count). The van der Waals surface area contributed by atoms with Crippen LogP contribution in [0.4, 0.5) is 0 Å². The van der Waals surface area contributed by atoms with Crippen molar-refractivity contribution in [2.45, 2.75) is 194 Å². The first-order valence-electron chi connectivity index (χ1n) is 21.3. The van der Waals surface area contributed by atoms with Crippen LogP contribution in [-0.2, 0) is 12.8 Å². The molecule has 0 saturated heterocycles. The number of allylic oxidation sites excluding steroid dienone is 2. The smallest absolute Gasteiger partial charge is 0.223 e. The lowest BCUT2D eigenvalue weighted by atomic mass is 10.0. The molecule has 2 heteroatoms. The minimum atomic E-state index is 0.803. The van der Waals surface area contributed by atoms with E-state index in [0.717, 1.165) is 53.8 Å². The van der Waals surface area contributed by atoms with E-state index in [1.165, 1.54) is 164 Å². The van der Waals surface area contributed by atoms with E-state index in [1.54, 1.807) is 0 Å². The first-order chi connectivity index (χ1) is 24.7. The van der Waals surface area contributed by atoms with E-state index in [-0.39, 0.29) is 0 Å². The first-order valence-corrected chi connectivity index (χ1v) is 21.3. The Morgan fingerprint density at radius 3 is 1.50 bits per heavy atom. The Bertz CT molecular complexity index is 1330. The molecule has 0 spiro atoms. The van der Waals surface area contributed by atoms with Gasteiger partial charge in [0.1, 0.15) is 5.57 Å². The topological polar surface area (TPSA) is 25.3 Å². The molecule has 0 bridgehead atoms. The SMILES string of the molecule is CCCCCCCCCCCCCCCCCCCCCCC#CC1=C(c2ccc(CCCC)cc2)[N+](=[N-])C(c2cccc(CCCC)c2)=C1. The lowest BCUT2D eigenvalue weighted by molar-refractivity contribution is -0.344. The van der Waals surface area contributed by atoms with Crippen molar-refractivity contribution in [2.24, 2.45) is 0 Å². The zero-order chi connectivity index (χ0) is 35.5. The molecule has 50 heavy (non-hydrogen) atoms. The third-order valence-corrected chi connectivity index (χ3v) is 10.4. The van der Waals surface area contributed by atoms with Gasteiger partial charge in [0.25, 0.3) is 0 Å². The largest absolute Gasteiger partial charge is 0.493 e. The van der Waals surface area contributed by atoms with Gasteiger partial charge < -0.3 is 5.53 Å². The molecular formula is C48H72N2. The van der Waals surface area contributed by atoms with E-state index >= 15 is 0 Å². The summed E-state index contributed by atoms with van der Waals surface area (Å²) >= 11 is 0. The summed E-state index contributed by atoms with van der Waals surface area (Å²) in [6, 6.07) is 17.4. The summed E-state index contributed by atoms with van der Waals surface area (Å²) < 4.78 is 1.38. The van der Waals surface area contributed by atoms with Gasteiger partial charge in [-0.25, -0.2) is 4.70 Å². The molecule has 0 unspecified atom stereocenters. The van der Waals surface area contributed by atoms with Crippen LogP contribution in [0, 0.1) is 11.8 Å². The average molecular weight is 677 g/mol. The van der Waals surface area contributed by atoms with Crippen molar-refractivity contribution >= 4 is 11.4 Å². The predicted octanol–water partition coefficient (Wildman–Crippen LogP) is 15.4. The molecule has 0 aromatic heterocycles. The summed E-state index contributed by atoms with van der Waals surface area (Å²) in [5, 5.41) is 0. The molecular weight excluding hydrogens is 605 g/mol. The Hall–Kier alpha value is -2.92. The second-order valence-electron chi connectivity index (χ2n) is 15.0. The summed E-state index contributed by atoms with van der Waals surface area (Å²) in [6.07, 6.45) is 37.9. The van der Waals surface area contributed by atoms with Crippen LogP contribution in [0.1, 0.15) is 204 Å². The van der Waals surface area contributed by atoms with Crippen LogP contribution in [0.2, 0.25) is 0 Å². The van der Waals surface area contributed by atoms with Gasteiger partial charge in [0, 0.05) is 23.6 Å². The van der Waals surface area contributed by atoms with Crippen molar-refractivity contribution in [3.05, 3.63) is 88.0 Å². The van der Waals surface area contributed by atoms with Gasteiger partial charge in [0.05, 0.1) is 0 Å². The molecule has 2 aromatic rings. The normalized spacial score (nSPS) is 12.8. The molecule has 2 aromatic carbocycles. The minimum absolute atomic E-state index is 0.803. The van der Waals surface area contributed by atoms with Crippen molar-refractivity contribution in [3.8, 4) is 11.8 Å². The molecule has 0 amide bonds. The van der Waals surface area contributed by atoms with Gasteiger partial charge in [-0.2, -0.15) is 0 Å². The second kappa shape index (κ2) is 26.8. The number of hydrogen-bond donors (Lipinski definition) is 0. The molecule has 1 heterocycles. The van der Waals surface area contributed by atoms with Crippen LogP contribution < -0.4 is 0 Å². The van der Waals surface area contributed by atoms with Crippen LogP contribution in [0.5, 0.6) is 0 Å². The van der Waals surface area contributed by atoms with E-state index in [1.807, 2.05) is 0 Å².